The molecule has 0 fully saturated rings. The first-order valence-corrected chi connectivity index (χ1v) is 13.5. The fourth-order valence-corrected chi connectivity index (χ4v) is 4.65. The van der Waals surface area contributed by atoms with E-state index >= 15 is 0 Å². The van der Waals surface area contributed by atoms with E-state index in [-0.39, 0.29) is 23.4 Å². The fraction of sp³-hybridized carbons (Fsp3) is 0.233. The van der Waals surface area contributed by atoms with Crippen LogP contribution in [0.4, 0.5) is 16.3 Å². The molecule has 0 saturated heterocycles. The van der Waals surface area contributed by atoms with E-state index in [4.69, 9.17) is 33.0 Å². The summed E-state index contributed by atoms with van der Waals surface area (Å²) in [6, 6.07) is 21.6. The van der Waals surface area contributed by atoms with E-state index in [0.29, 0.717) is 28.8 Å². The molecule has 0 radical (unpaired) electrons. The van der Waals surface area contributed by atoms with Crippen LogP contribution in [0.1, 0.15) is 19.5 Å². The molecule has 3 amide bonds. The summed E-state index contributed by atoms with van der Waals surface area (Å²) in [4.78, 5) is 28.2. The summed E-state index contributed by atoms with van der Waals surface area (Å²) in [7, 11) is 1.60. The molecule has 208 valence electrons. The van der Waals surface area contributed by atoms with Gasteiger partial charge in [0.1, 0.15) is 18.1 Å². The SMILES string of the molecule is COc1ccc(-n2nc(C)c(-c3ccccc3)c2NC(=O)CN(CC(C)C)C(=O)Nc2cccc(Cl)c2Cl)cc1. The Balaban J connectivity index is 1.65. The highest BCUT2D eigenvalue weighted by molar-refractivity contribution is 6.44. The van der Waals surface area contributed by atoms with E-state index < -0.39 is 6.03 Å². The number of hydrogen-bond donors (Lipinski definition) is 2. The Labute approximate surface area is 243 Å². The number of urea groups is 1. The smallest absolute Gasteiger partial charge is 0.322 e. The van der Waals surface area contributed by atoms with Crippen LogP contribution < -0.4 is 15.4 Å². The predicted molar refractivity (Wildman–Crippen MR) is 161 cm³/mol. The van der Waals surface area contributed by atoms with E-state index in [1.54, 1.807) is 30.0 Å². The third-order valence-corrected chi connectivity index (χ3v) is 6.92. The second kappa shape index (κ2) is 12.9. The molecule has 3 aromatic carbocycles. The molecule has 2 N–H and O–H groups in total. The third kappa shape index (κ3) is 6.76. The molecule has 0 bridgehead atoms. The van der Waals surface area contributed by atoms with Crippen molar-refractivity contribution in [1.29, 1.82) is 0 Å². The van der Waals surface area contributed by atoms with Crippen LogP contribution in [-0.4, -0.2) is 46.8 Å². The van der Waals surface area contributed by atoms with Crippen LogP contribution in [0, 0.1) is 12.8 Å². The van der Waals surface area contributed by atoms with E-state index in [0.717, 1.165) is 22.5 Å². The molecule has 40 heavy (non-hydrogen) atoms. The van der Waals surface area contributed by atoms with Gasteiger partial charge in [0.25, 0.3) is 0 Å². The van der Waals surface area contributed by atoms with Crippen LogP contribution in [-0.2, 0) is 4.79 Å². The normalized spacial score (nSPS) is 10.9. The molecule has 1 aromatic heterocycles. The molecular weight excluding hydrogens is 549 g/mol. The number of ether oxygens (including phenoxy) is 1. The van der Waals surface area contributed by atoms with E-state index in [1.807, 2.05) is 75.4 Å². The van der Waals surface area contributed by atoms with Gasteiger partial charge < -0.3 is 20.3 Å². The Hall–Kier alpha value is -4.01. The maximum Gasteiger partial charge on any atom is 0.322 e. The average Bonchev–Trinajstić information content (AvgIpc) is 3.26. The average molecular weight is 581 g/mol. The lowest BCUT2D eigenvalue weighted by molar-refractivity contribution is -0.116. The van der Waals surface area contributed by atoms with Gasteiger partial charge in [0.15, 0.2) is 0 Å². The van der Waals surface area contributed by atoms with Crippen LogP contribution in [0.25, 0.3) is 16.8 Å². The highest BCUT2D eigenvalue weighted by Crippen LogP contribution is 2.34. The number of anilines is 2. The predicted octanol–water partition coefficient (Wildman–Crippen LogP) is 7.29. The van der Waals surface area contributed by atoms with Gasteiger partial charge in [0.05, 0.1) is 34.2 Å². The van der Waals surface area contributed by atoms with Crippen molar-refractivity contribution < 1.29 is 14.3 Å². The Morgan fingerprint density at radius 3 is 2.33 bits per heavy atom. The van der Waals surface area contributed by atoms with Crippen molar-refractivity contribution in [3.8, 4) is 22.6 Å². The lowest BCUT2D eigenvalue weighted by Crippen LogP contribution is -2.42. The molecule has 1 heterocycles. The monoisotopic (exact) mass is 579 g/mol. The third-order valence-electron chi connectivity index (χ3n) is 6.10. The number of halogens is 2. The quantitative estimate of drug-likeness (QED) is 0.218. The van der Waals surface area contributed by atoms with Crippen molar-refractivity contribution in [3.05, 3.63) is 88.5 Å². The Morgan fingerprint density at radius 1 is 0.975 bits per heavy atom. The molecule has 0 aliphatic heterocycles. The van der Waals surface area contributed by atoms with Crippen molar-refractivity contribution in [3.63, 3.8) is 0 Å². The summed E-state index contributed by atoms with van der Waals surface area (Å²) in [6.07, 6.45) is 0. The van der Waals surface area contributed by atoms with Crippen LogP contribution in [0.3, 0.4) is 0 Å². The van der Waals surface area contributed by atoms with Crippen molar-refractivity contribution in [2.24, 2.45) is 5.92 Å². The lowest BCUT2D eigenvalue weighted by atomic mass is 10.1. The van der Waals surface area contributed by atoms with Crippen molar-refractivity contribution in [1.82, 2.24) is 14.7 Å². The summed E-state index contributed by atoms with van der Waals surface area (Å²) in [5.74, 6) is 0.943. The van der Waals surface area contributed by atoms with Gasteiger partial charge in [-0.05, 0) is 54.8 Å². The van der Waals surface area contributed by atoms with E-state index in [9.17, 15) is 9.59 Å². The minimum absolute atomic E-state index is 0.111. The second-order valence-electron chi connectivity index (χ2n) is 9.64. The number of carbonyl (C=O) groups excluding carboxylic acids is 2. The van der Waals surface area contributed by atoms with Gasteiger partial charge in [-0.2, -0.15) is 5.10 Å². The van der Waals surface area contributed by atoms with Crippen LogP contribution in [0.5, 0.6) is 5.75 Å². The van der Waals surface area contributed by atoms with E-state index in [2.05, 4.69) is 10.6 Å². The molecule has 8 nitrogen and oxygen atoms in total. The summed E-state index contributed by atoms with van der Waals surface area (Å²) in [5.41, 5.74) is 3.55. The minimum atomic E-state index is -0.462. The van der Waals surface area contributed by atoms with Crippen LogP contribution in [0.15, 0.2) is 72.8 Å². The van der Waals surface area contributed by atoms with Crippen molar-refractivity contribution in [2.75, 3.05) is 30.8 Å². The minimum Gasteiger partial charge on any atom is -0.497 e. The number of rotatable bonds is 9. The van der Waals surface area contributed by atoms with Gasteiger partial charge in [-0.25, -0.2) is 9.48 Å². The zero-order valence-corrected chi connectivity index (χ0v) is 24.3. The van der Waals surface area contributed by atoms with Gasteiger partial charge in [-0.3, -0.25) is 4.79 Å². The van der Waals surface area contributed by atoms with Gasteiger partial charge in [-0.1, -0.05) is 73.4 Å². The molecular formula is C30H31Cl2N5O3. The van der Waals surface area contributed by atoms with Gasteiger partial charge in [-0.15, -0.1) is 0 Å². The first-order valence-electron chi connectivity index (χ1n) is 12.8. The van der Waals surface area contributed by atoms with Crippen molar-refractivity contribution >= 4 is 46.6 Å². The molecule has 0 saturated carbocycles. The van der Waals surface area contributed by atoms with Gasteiger partial charge >= 0.3 is 6.03 Å². The zero-order chi connectivity index (χ0) is 28.8. The molecule has 0 aliphatic rings. The number of aromatic nitrogens is 2. The van der Waals surface area contributed by atoms with Gasteiger partial charge in [0.2, 0.25) is 5.91 Å². The summed E-state index contributed by atoms with van der Waals surface area (Å²) in [6.45, 7) is 5.99. The lowest BCUT2D eigenvalue weighted by Gasteiger charge is -2.25. The topological polar surface area (TPSA) is 88.5 Å². The van der Waals surface area contributed by atoms with E-state index in [1.165, 1.54) is 4.90 Å². The molecule has 4 aromatic rings. The Kier molecular flexibility index (Phi) is 9.34. The number of hydrogen-bond acceptors (Lipinski definition) is 4. The number of benzene rings is 3. The maximum atomic E-state index is 13.5. The number of nitrogens with zero attached hydrogens (tertiary/aromatic N) is 3. The number of amides is 3. The first-order chi connectivity index (χ1) is 19.2. The van der Waals surface area contributed by atoms with Crippen molar-refractivity contribution in [2.45, 2.75) is 20.8 Å². The molecule has 0 atom stereocenters. The van der Waals surface area contributed by atoms with Crippen LogP contribution >= 0.6 is 23.2 Å². The number of methoxy groups -OCH3 is 1. The van der Waals surface area contributed by atoms with Gasteiger partial charge in [0, 0.05) is 12.1 Å². The summed E-state index contributed by atoms with van der Waals surface area (Å²) >= 11 is 12.4. The fourth-order valence-electron chi connectivity index (χ4n) is 4.30. The zero-order valence-electron chi connectivity index (χ0n) is 22.7. The summed E-state index contributed by atoms with van der Waals surface area (Å²) < 4.78 is 6.98. The molecule has 0 unspecified atom stereocenters. The highest BCUT2D eigenvalue weighted by Gasteiger charge is 2.24. The van der Waals surface area contributed by atoms with Crippen LogP contribution in [0.2, 0.25) is 10.0 Å². The largest absolute Gasteiger partial charge is 0.497 e. The molecule has 10 heteroatoms. The maximum absolute atomic E-state index is 13.5. The summed E-state index contributed by atoms with van der Waals surface area (Å²) in [5, 5.41) is 11.1. The molecule has 0 aliphatic carbocycles. The standard InChI is InChI=1S/C30H31Cl2N5O3/c1-19(2)17-36(30(39)33-25-12-8-11-24(31)28(25)32)18-26(38)34-29-27(21-9-6-5-7-10-21)20(3)35-37(29)22-13-15-23(40-4)16-14-22/h5-16,19H,17-18H2,1-4H3,(H,33,39)(H,34,38). The number of aryl methyl sites for hydroxylation is 1. The number of carbonyl (C=O) groups is 2. The highest BCUT2D eigenvalue weighted by atomic mass is 35.5. The second-order valence-corrected chi connectivity index (χ2v) is 10.4. The Morgan fingerprint density at radius 2 is 1.68 bits per heavy atom. The first kappa shape index (κ1) is 29.0. The molecule has 0 spiro atoms. The number of nitrogens with one attached hydrogen (secondary N) is 2. The Bertz CT molecular complexity index is 1490. The molecule has 4 rings (SSSR count).